The lowest BCUT2D eigenvalue weighted by molar-refractivity contribution is 0.868. The number of hydrogen-bond donors (Lipinski definition) is 1. The summed E-state index contributed by atoms with van der Waals surface area (Å²) >= 11 is 0. The van der Waals surface area contributed by atoms with E-state index < -0.39 is 0 Å². The molecule has 1 heterocycles. The van der Waals surface area contributed by atoms with Crippen LogP contribution < -0.4 is 0 Å². The van der Waals surface area contributed by atoms with E-state index >= 15 is 0 Å². The molecule has 0 aliphatic rings. The molecule has 0 aliphatic heterocycles. The van der Waals surface area contributed by atoms with Gasteiger partial charge in [-0.25, -0.2) is 4.98 Å². The van der Waals surface area contributed by atoms with Crippen LogP contribution in [0.25, 0.3) is 11.3 Å². The fourth-order valence-corrected chi connectivity index (χ4v) is 1.65. The first-order chi connectivity index (χ1) is 6.79. The molecule has 2 rings (SSSR count). The number of aromatic amines is 1. The average molecular weight is 186 g/mol. The molecule has 0 saturated carbocycles. The number of nitrogens with one attached hydrogen (secondary N) is 1. The second-order valence-corrected chi connectivity index (χ2v) is 3.71. The van der Waals surface area contributed by atoms with E-state index in [9.17, 15) is 0 Å². The van der Waals surface area contributed by atoms with E-state index in [4.69, 9.17) is 0 Å². The minimum Gasteiger partial charge on any atom is -0.345 e. The van der Waals surface area contributed by atoms with Crippen molar-refractivity contribution in [3.8, 4) is 11.3 Å². The number of aromatic nitrogens is 2. The van der Waals surface area contributed by atoms with Gasteiger partial charge in [0.15, 0.2) is 0 Å². The quantitative estimate of drug-likeness (QED) is 0.766. The van der Waals surface area contributed by atoms with Gasteiger partial charge in [-0.05, 0) is 11.5 Å². The summed E-state index contributed by atoms with van der Waals surface area (Å²) in [5.41, 5.74) is 3.70. The fraction of sp³-hybridized carbons (Fsp3) is 0.250. The maximum atomic E-state index is 4.04. The van der Waals surface area contributed by atoms with Crippen LogP contribution in [0.15, 0.2) is 36.8 Å². The SMILES string of the molecule is CC(C)c1ccccc1-c1cnc[nH]1. The van der Waals surface area contributed by atoms with E-state index in [2.05, 4.69) is 48.1 Å². The van der Waals surface area contributed by atoms with Crippen molar-refractivity contribution in [3.63, 3.8) is 0 Å². The Bertz CT molecular complexity index is 402. The number of hydrogen-bond acceptors (Lipinski definition) is 1. The zero-order valence-electron chi connectivity index (χ0n) is 8.49. The smallest absolute Gasteiger partial charge is 0.0924 e. The van der Waals surface area contributed by atoms with Gasteiger partial charge >= 0.3 is 0 Å². The first-order valence-electron chi connectivity index (χ1n) is 4.86. The summed E-state index contributed by atoms with van der Waals surface area (Å²) in [4.78, 5) is 7.18. The highest BCUT2D eigenvalue weighted by atomic mass is 14.9. The molecular formula is C12H14N2. The molecule has 2 aromatic rings. The lowest BCUT2D eigenvalue weighted by Gasteiger charge is -2.10. The molecule has 0 unspecified atom stereocenters. The monoisotopic (exact) mass is 186 g/mol. The summed E-state index contributed by atoms with van der Waals surface area (Å²) in [6.07, 6.45) is 3.58. The predicted octanol–water partition coefficient (Wildman–Crippen LogP) is 3.20. The Labute approximate surface area is 84.0 Å². The third-order valence-corrected chi connectivity index (χ3v) is 2.37. The highest BCUT2D eigenvalue weighted by Gasteiger charge is 2.07. The van der Waals surface area contributed by atoms with Gasteiger partial charge in [0, 0.05) is 5.56 Å². The second-order valence-electron chi connectivity index (χ2n) is 3.71. The van der Waals surface area contributed by atoms with Gasteiger partial charge in [0.1, 0.15) is 0 Å². The van der Waals surface area contributed by atoms with Gasteiger partial charge in [-0.1, -0.05) is 38.1 Å². The Morgan fingerprint density at radius 2 is 2.00 bits per heavy atom. The Kier molecular flexibility index (Phi) is 2.35. The van der Waals surface area contributed by atoms with Gasteiger partial charge in [0.2, 0.25) is 0 Å². The minimum atomic E-state index is 0.537. The lowest BCUT2D eigenvalue weighted by atomic mass is 9.96. The van der Waals surface area contributed by atoms with Crippen LogP contribution in [0.5, 0.6) is 0 Å². The normalized spacial score (nSPS) is 10.8. The van der Waals surface area contributed by atoms with E-state index in [-0.39, 0.29) is 0 Å². The van der Waals surface area contributed by atoms with Crippen LogP contribution in [-0.4, -0.2) is 9.97 Å². The van der Waals surface area contributed by atoms with Crippen molar-refractivity contribution in [2.75, 3.05) is 0 Å². The van der Waals surface area contributed by atoms with Crippen molar-refractivity contribution in [1.29, 1.82) is 0 Å². The van der Waals surface area contributed by atoms with Crippen molar-refractivity contribution >= 4 is 0 Å². The van der Waals surface area contributed by atoms with E-state index in [1.807, 2.05) is 6.20 Å². The van der Waals surface area contributed by atoms with Gasteiger partial charge in [-0.2, -0.15) is 0 Å². The van der Waals surface area contributed by atoms with E-state index in [0.29, 0.717) is 5.92 Å². The molecule has 1 N–H and O–H groups in total. The molecule has 0 fully saturated rings. The van der Waals surface area contributed by atoms with E-state index in [0.717, 1.165) is 5.69 Å². The van der Waals surface area contributed by atoms with Crippen LogP contribution >= 0.6 is 0 Å². The molecule has 0 radical (unpaired) electrons. The molecule has 0 spiro atoms. The predicted molar refractivity (Wildman–Crippen MR) is 58.1 cm³/mol. The Morgan fingerprint density at radius 3 is 2.64 bits per heavy atom. The number of nitrogens with zero attached hydrogens (tertiary/aromatic N) is 1. The Hall–Kier alpha value is -1.57. The third-order valence-electron chi connectivity index (χ3n) is 2.37. The van der Waals surface area contributed by atoms with Crippen molar-refractivity contribution in [2.24, 2.45) is 0 Å². The zero-order chi connectivity index (χ0) is 9.97. The standard InChI is InChI=1S/C12H14N2/c1-9(2)10-5-3-4-6-11(10)12-7-13-8-14-12/h3-9H,1-2H3,(H,13,14). The highest BCUT2D eigenvalue weighted by molar-refractivity contribution is 5.63. The molecule has 14 heavy (non-hydrogen) atoms. The lowest BCUT2D eigenvalue weighted by Crippen LogP contribution is -1.91. The van der Waals surface area contributed by atoms with Crippen LogP contribution in [0.3, 0.4) is 0 Å². The second kappa shape index (κ2) is 3.66. The summed E-state index contributed by atoms with van der Waals surface area (Å²) in [5.74, 6) is 0.537. The molecule has 0 atom stereocenters. The molecule has 2 nitrogen and oxygen atoms in total. The Morgan fingerprint density at radius 1 is 1.21 bits per heavy atom. The van der Waals surface area contributed by atoms with E-state index in [1.165, 1.54) is 11.1 Å². The first-order valence-corrected chi connectivity index (χ1v) is 4.86. The van der Waals surface area contributed by atoms with Gasteiger partial charge in [0.05, 0.1) is 18.2 Å². The average Bonchev–Trinajstić information content (AvgIpc) is 2.70. The molecule has 1 aromatic heterocycles. The number of benzene rings is 1. The van der Waals surface area contributed by atoms with Gasteiger partial charge in [-0.15, -0.1) is 0 Å². The summed E-state index contributed by atoms with van der Waals surface area (Å²) < 4.78 is 0. The largest absolute Gasteiger partial charge is 0.345 e. The van der Waals surface area contributed by atoms with Gasteiger partial charge < -0.3 is 4.98 Å². The van der Waals surface area contributed by atoms with Crippen molar-refractivity contribution in [3.05, 3.63) is 42.4 Å². The zero-order valence-corrected chi connectivity index (χ0v) is 8.49. The van der Waals surface area contributed by atoms with Gasteiger partial charge in [-0.3, -0.25) is 0 Å². The molecule has 72 valence electrons. The maximum absolute atomic E-state index is 4.04. The minimum absolute atomic E-state index is 0.537. The number of H-pyrrole nitrogens is 1. The summed E-state index contributed by atoms with van der Waals surface area (Å²) in [6.45, 7) is 4.41. The van der Waals surface area contributed by atoms with Gasteiger partial charge in [0.25, 0.3) is 0 Å². The summed E-state index contributed by atoms with van der Waals surface area (Å²) in [7, 11) is 0. The molecule has 0 amide bonds. The summed E-state index contributed by atoms with van der Waals surface area (Å²) in [5, 5.41) is 0. The molecular weight excluding hydrogens is 172 g/mol. The fourth-order valence-electron chi connectivity index (χ4n) is 1.65. The van der Waals surface area contributed by atoms with Crippen LogP contribution in [0.1, 0.15) is 25.3 Å². The van der Waals surface area contributed by atoms with Crippen molar-refractivity contribution in [2.45, 2.75) is 19.8 Å². The molecule has 0 bridgehead atoms. The molecule has 0 aliphatic carbocycles. The van der Waals surface area contributed by atoms with Crippen LogP contribution in [0, 0.1) is 0 Å². The number of rotatable bonds is 2. The maximum Gasteiger partial charge on any atom is 0.0924 e. The Balaban J connectivity index is 2.53. The molecule has 1 aromatic carbocycles. The van der Waals surface area contributed by atoms with Crippen molar-refractivity contribution in [1.82, 2.24) is 9.97 Å². The van der Waals surface area contributed by atoms with Crippen LogP contribution in [0.4, 0.5) is 0 Å². The topological polar surface area (TPSA) is 28.7 Å². The number of imidazole rings is 1. The summed E-state index contributed by atoms with van der Waals surface area (Å²) in [6, 6.07) is 8.43. The highest BCUT2D eigenvalue weighted by Crippen LogP contribution is 2.26. The third kappa shape index (κ3) is 1.55. The van der Waals surface area contributed by atoms with E-state index in [1.54, 1.807) is 6.33 Å². The van der Waals surface area contributed by atoms with Crippen molar-refractivity contribution < 1.29 is 0 Å². The first kappa shape index (κ1) is 9.00. The molecule has 2 heteroatoms. The van der Waals surface area contributed by atoms with Crippen LogP contribution in [0.2, 0.25) is 0 Å². The van der Waals surface area contributed by atoms with Crippen LogP contribution in [-0.2, 0) is 0 Å². The molecule has 0 saturated heterocycles.